The highest BCUT2D eigenvalue weighted by Crippen LogP contribution is 2.37. The molecule has 0 spiro atoms. The van der Waals surface area contributed by atoms with E-state index < -0.39 is 0 Å². The second-order valence-electron chi connectivity index (χ2n) is 5.51. The Hall–Kier alpha value is -1.84. The van der Waals surface area contributed by atoms with E-state index >= 15 is 0 Å². The third-order valence-electron chi connectivity index (χ3n) is 3.74. The van der Waals surface area contributed by atoms with Crippen LogP contribution >= 0.6 is 0 Å². The standard InChI is InChI=1S/C15H20N2O2/c1-10-13(11(2)18)14(19-15(10,3)4)17-16-12-8-6-5-7-9-12/h5-10,13,16H,1-4H3. The van der Waals surface area contributed by atoms with Gasteiger partial charge in [0.1, 0.15) is 17.3 Å². The van der Waals surface area contributed by atoms with Gasteiger partial charge in [-0.05, 0) is 32.9 Å². The lowest BCUT2D eigenvalue weighted by atomic mass is 9.83. The van der Waals surface area contributed by atoms with Gasteiger partial charge in [-0.1, -0.05) is 25.1 Å². The fourth-order valence-corrected chi connectivity index (χ4v) is 2.29. The van der Waals surface area contributed by atoms with Gasteiger partial charge in [0.25, 0.3) is 0 Å². The molecule has 2 rings (SSSR count). The third-order valence-corrected chi connectivity index (χ3v) is 3.74. The summed E-state index contributed by atoms with van der Waals surface area (Å²) in [7, 11) is 0. The van der Waals surface area contributed by atoms with E-state index in [2.05, 4.69) is 10.5 Å². The molecule has 0 amide bonds. The second-order valence-corrected chi connectivity index (χ2v) is 5.51. The molecule has 1 aromatic rings. The van der Waals surface area contributed by atoms with Crippen molar-refractivity contribution in [2.24, 2.45) is 16.9 Å². The predicted molar refractivity (Wildman–Crippen MR) is 76.0 cm³/mol. The van der Waals surface area contributed by atoms with Crippen LogP contribution in [0.4, 0.5) is 5.69 Å². The van der Waals surface area contributed by atoms with E-state index in [0.717, 1.165) is 5.69 Å². The molecule has 1 fully saturated rings. The smallest absolute Gasteiger partial charge is 0.217 e. The maximum Gasteiger partial charge on any atom is 0.217 e. The SMILES string of the molecule is CC(=O)C1C(=NNc2ccccc2)OC(C)(C)C1C. The Kier molecular flexibility index (Phi) is 3.60. The second kappa shape index (κ2) is 5.03. The minimum atomic E-state index is -0.368. The zero-order valence-corrected chi connectivity index (χ0v) is 11.8. The maximum absolute atomic E-state index is 11.8. The molecule has 1 aliphatic heterocycles. The van der Waals surface area contributed by atoms with Gasteiger partial charge >= 0.3 is 0 Å². The average molecular weight is 260 g/mol. The first-order valence-electron chi connectivity index (χ1n) is 6.50. The first kappa shape index (κ1) is 13.6. The molecule has 19 heavy (non-hydrogen) atoms. The van der Waals surface area contributed by atoms with Crippen molar-refractivity contribution in [3.63, 3.8) is 0 Å². The third kappa shape index (κ3) is 2.78. The van der Waals surface area contributed by atoms with E-state index in [1.165, 1.54) is 0 Å². The summed E-state index contributed by atoms with van der Waals surface area (Å²) < 4.78 is 5.82. The predicted octanol–water partition coefficient (Wildman–Crippen LogP) is 3.06. The van der Waals surface area contributed by atoms with Gasteiger partial charge in [-0.2, -0.15) is 0 Å². The molecule has 0 radical (unpaired) electrons. The Morgan fingerprint density at radius 1 is 1.32 bits per heavy atom. The Morgan fingerprint density at radius 2 is 1.95 bits per heavy atom. The fraction of sp³-hybridized carbons (Fsp3) is 0.467. The van der Waals surface area contributed by atoms with Crippen LogP contribution in [0.25, 0.3) is 0 Å². The van der Waals surface area contributed by atoms with E-state index in [-0.39, 0.29) is 23.2 Å². The number of hydrogen-bond donors (Lipinski definition) is 1. The highest BCUT2D eigenvalue weighted by atomic mass is 16.5. The summed E-state index contributed by atoms with van der Waals surface area (Å²) in [6.45, 7) is 7.58. The minimum Gasteiger partial charge on any atom is -0.473 e. The Morgan fingerprint density at radius 3 is 2.53 bits per heavy atom. The number of rotatable bonds is 3. The van der Waals surface area contributed by atoms with Crippen LogP contribution in [0.15, 0.2) is 35.4 Å². The average Bonchev–Trinajstić information content (AvgIpc) is 2.59. The molecule has 0 aromatic heterocycles. The van der Waals surface area contributed by atoms with Crippen molar-refractivity contribution in [1.29, 1.82) is 0 Å². The van der Waals surface area contributed by atoms with Crippen LogP contribution in [-0.4, -0.2) is 17.3 Å². The zero-order valence-electron chi connectivity index (χ0n) is 11.8. The van der Waals surface area contributed by atoms with Gasteiger partial charge < -0.3 is 4.74 Å². The van der Waals surface area contributed by atoms with Crippen molar-refractivity contribution < 1.29 is 9.53 Å². The summed E-state index contributed by atoms with van der Waals surface area (Å²) in [6, 6.07) is 9.61. The summed E-state index contributed by atoms with van der Waals surface area (Å²) in [5, 5.41) is 4.27. The van der Waals surface area contributed by atoms with Crippen LogP contribution in [0.1, 0.15) is 27.7 Å². The summed E-state index contributed by atoms with van der Waals surface area (Å²) >= 11 is 0. The number of para-hydroxylation sites is 1. The van der Waals surface area contributed by atoms with Gasteiger partial charge in [-0.3, -0.25) is 10.2 Å². The number of anilines is 1. The quantitative estimate of drug-likeness (QED) is 0.850. The van der Waals surface area contributed by atoms with E-state index in [0.29, 0.717) is 5.90 Å². The number of hydrazone groups is 1. The summed E-state index contributed by atoms with van der Waals surface area (Å²) in [5.74, 6) is 0.410. The van der Waals surface area contributed by atoms with Gasteiger partial charge in [-0.15, -0.1) is 5.10 Å². The van der Waals surface area contributed by atoms with Crippen molar-refractivity contribution in [3.05, 3.63) is 30.3 Å². The number of carbonyl (C=O) groups is 1. The summed E-state index contributed by atoms with van der Waals surface area (Å²) in [5.41, 5.74) is 3.45. The molecule has 0 bridgehead atoms. The number of ether oxygens (including phenoxy) is 1. The van der Waals surface area contributed by atoms with Gasteiger partial charge in [0.05, 0.1) is 5.69 Å². The normalized spacial score (nSPS) is 27.1. The molecule has 1 N–H and O–H groups in total. The lowest BCUT2D eigenvalue weighted by Gasteiger charge is -2.22. The summed E-state index contributed by atoms with van der Waals surface area (Å²) in [4.78, 5) is 11.8. The van der Waals surface area contributed by atoms with Crippen molar-refractivity contribution in [2.75, 3.05) is 5.43 Å². The topological polar surface area (TPSA) is 50.7 Å². The Bertz CT molecular complexity index is 494. The first-order valence-corrected chi connectivity index (χ1v) is 6.50. The lowest BCUT2D eigenvalue weighted by molar-refractivity contribution is -0.120. The Labute approximate surface area is 113 Å². The number of hydrogen-bond acceptors (Lipinski definition) is 4. The van der Waals surface area contributed by atoms with Gasteiger partial charge in [0, 0.05) is 5.92 Å². The molecule has 0 saturated carbocycles. The van der Waals surface area contributed by atoms with E-state index in [9.17, 15) is 4.79 Å². The van der Waals surface area contributed by atoms with Gasteiger partial charge in [-0.25, -0.2) is 0 Å². The molecule has 1 saturated heterocycles. The molecule has 1 aromatic carbocycles. The zero-order chi connectivity index (χ0) is 14.0. The van der Waals surface area contributed by atoms with Crippen LogP contribution in [0.5, 0.6) is 0 Å². The highest BCUT2D eigenvalue weighted by molar-refractivity contribution is 6.02. The Balaban J connectivity index is 2.21. The molecule has 4 nitrogen and oxygen atoms in total. The first-order chi connectivity index (χ1) is 8.92. The molecule has 102 valence electrons. The molecule has 2 unspecified atom stereocenters. The number of benzene rings is 1. The van der Waals surface area contributed by atoms with Crippen LogP contribution in [-0.2, 0) is 9.53 Å². The van der Waals surface area contributed by atoms with Gasteiger partial charge in [0.2, 0.25) is 5.90 Å². The molecule has 1 aliphatic rings. The molecule has 1 heterocycles. The van der Waals surface area contributed by atoms with E-state index in [4.69, 9.17) is 4.74 Å². The monoisotopic (exact) mass is 260 g/mol. The minimum absolute atomic E-state index is 0.0895. The van der Waals surface area contributed by atoms with Crippen LogP contribution in [0, 0.1) is 11.8 Å². The number of Topliss-reactive ketones (excluding diaryl/α,β-unsaturated/α-hetero) is 1. The summed E-state index contributed by atoms with van der Waals surface area (Å²) in [6.07, 6.45) is 0. The molecular formula is C15H20N2O2. The maximum atomic E-state index is 11.8. The largest absolute Gasteiger partial charge is 0.473 e. The van der Waals surface area contributed by atoms with E-state index in [1.807, 2.05) is 51.1 Å². The van der Waals surface area contributed by atoms with Crippen LogP contribution < -0.4 is 5.43 Å². The van der Waals surface area contributed by atoms with Crippen LogP contribution in [0.3, 0.4) is 0 Å². The number of nitrogens with one attached hydrogen (secondary N) is 1. The van der Waals surface area contributed by atoms with Crippen molar-refractivity contribution in [3.8, 4) is 0 Å². The van der Waals surface area contributed by atoms with Crippen molar-refractivity contribution in [2.45, 2.75) is 33.3 Å². The molecule has 2 atom stereocenters. The van der Waals surface area contributed by atoms with Crippen LogP contribution in [0.2, 0.25) is 0 Å². The number of ketones is 1. The highest BCUT2D eigenvalue weighted by Gasteiger charge is 2.48. The van der Waals surface area contributed by atoms with Crippen molar-refractivity contribution in [1.82, 2.24) is 0 Å². The van der Waals surface area contributed by atoms with Crippen molar-refractivity contribution >= 4 is 17.4 Å². The number of nitrogens with zero attached hydrogens (tertiary/aromatic N) is 1. The van der Waals surface area contributed by atoms with Gasteiger partial charge in [0.15, 0.2) is 0 Å². The molecule has 4 heteroatoms. The number of carbonyl (C=O) groups excluding carboxylic acids is 1. The fourth-order valence-electron chi connectivity index (χ4n) is 2.29. The lowest BCUT2D eigenvalue weighted by Crippen LogP contribution is -2.29. The molecular weight excluding hydrogens is 240 g/mol. The van der Waals surface area contributed by atoms with E-state index in [1.54, 1.807) is 6.92 Å². The molecule has 0 aliphatic carbocycles.